The molecule has 0 fully saturated rings. The average molecular weight is 386 g/mol. The Morgan fingerprint density at radius 1 is 1.04 bits per heavy atom. The second-order valence-electron chi connectivity index (χ2n) is 6.23. The summed E-state index contributed by atoms with van der Waals surface area (Å²) in [5.74, 6) is 0. The number of pyridine rings is 2. The van der Waals surface area contributed by atoms with Crippen LogP contribution >= 0.6 is 0 Å². The van der Waals surface area contributed by atoms with E-state index < -0.39 is 11.9 Å². The maximum absolute atomic E-state index is 13.2. The van der Waals surface area contributed by atoms with Gasteiger partial charge in [0.25, 0.3) is 0 Å². The van der Waals surface area contributed by atoms with Gasteiger partial charge in [-0.2, -0.15) is 18.3 Å². The van der Waals surface area contributed by atoms with E-state index >= 15 is 0 Å². The molecule has 0 aliphatic rings. The Hall–Kier alpha value is -3.56. The summed E-state index contributed by atoms with van der Waals surface area (Å²) >= 11 is 0. The molecule has 1 N–H and O–H groups in total. The zero-order chi connectivity index (χ0) is 20.1. The molecule has 0 spiro atoms. The minimum atomic E-state index is -4.60. The molecule has 10 heteroatoms. The lowest BCUT2D eigenvalue weighted by Gasteiger charge is -2.12. The summed E-state index contributed by atoms with van der Waals surface area (Å²) in [5.41, 5.74) is 0.485. The summed E-state index contributed by atoms with van der Waals surface area (Å²) in [7, 11) is 1.71. The number of halogens is 3. The first kappa shape index (κ1) is 17.8. The van der Waals surface area contributed by atoms with Crippen molar-refractivity contribution < 1.29 is 13.2 Å². The quantitative estimate of drug-likeness (QED) is 0.572. The Morgan fingerprint density at radius 3 is 2.50 bits per heavy atom. The van der Waals surface area contributed by atoms with Gasteiger partial charge in [0.1, 0.15) is 22.6 Å². The molecule has 0 saturated carbocycles. The number of hydrogen-bond acceptors (Lipinski definition) is 5. The van der Waals surface area contributed by atoms with E-state index in [-0.39, 0.29) is 33.9 Å². The number of nitrogens with zero attached hydrogens (tertiary/aromatic N) is 5. The van der Waals surface area contributed by atoms with E-state index in [0.29, 0.717) is 11.2 Å². The minimum absolute atomic E-state index is 0.195. The zero-order valence-corrected chi connectivity index (χ0v) is 14.7. The topological polar surface area (TPSA) is 89.4 Å². The predicted octanol–water partition coefficient (Wildman–Crippen LogP) is 3.11. The highest BCUT2D eigenvalue weighted by atomic mass is 19.4. The summed E-state index contributed by atoms with van der Waals surface area (Å²) in [6, 6.07) is 6.84. The monoisotopic (exact) mass is 386 g/mol. The van der Waals surface area contributed by atoms with Crippen molar-refractivity contribution in [3.63, 3.8) is 0 Å². The van der Waals surface area contributed by atoms with Gasteiger partial charge in [-0.25, -0.2) is 15.0 Å². The number of aryl methyl sites for hydroxylation is 2. The Morgan fingerprint density at radius 2 is 1.82 bits per heavy atom. The molecule has 4 aromatic rings. The van der Waals surface area contributed by atoms with Gasteiger partial charge in [-0.1, -0.05) is 0 Å². The molecule has 0 atom stereocenters. The third kappa shape index (κ3) is 3.24. The van der Waals surface area contributed by atoms with Crippen molar-refractivity contribution in [3.8, 4) is 22.6 Å². The molecule has 0 aliphatic carbocycles. The molecular formula is C18H13F3N6O. The van der Waals surface area contributed by atoms with Crippen LogP contribution in [0.25, 0.3) is 33.8 Å². The van der Waals surface area contributed by atoms with Crippen molar-refractivity contribution in [2.24, 2.45) is 7.05 Å². The first-order valence-corrected chi connectivity index (χ1v) is 8.18. The van der Waals surface area contributed by atoms with Crippen LogP contribution in [0.4, 0.5) is 13.2 Å². The molecule has 4 rings (SSSR count). The highest BCUT2D eigenvalue weighted by Gasteiger charge is 2.33. The lowest BCUT2D eigenvalue weighted by molar-refractivity contribution is -0.141. The summed E-state index contributed by atoms with van der Waals surface area (Å²) < 4.78 is 41.2. The number of nitrogens with one attached hydrogen (secondary N) is 1. The molecule has 142 valence electrons. The second-order valence-corrected chi connectivity index (χ2v) is 6.23. The van der Waals surface area contributed by atoms with Crippen molar-refractivity contribution in [1.29, 1.82) is 0 Å². The number of alkyl halides is 3. The summed E-state index contributed by atoms with van der Waals surface area (Å²) in [6.45, 7) is 1.48. The largest absolute Gasteiger partial charge is 0.433 e. The van der Waals surface area contributed by atoms with E-state index in [1.165, 1.54) is 29.8 Å². The van der Waals surface area contributed by atoms with E-state index in [0.717, 1.165) is 6.07 Å². The van der Waals surface area contributed by atoms with Crippen LogP contribution in [-0.2, 0) is 13.2 Å². The number of rotatable bonds is 2. The first-order chi connectivity index (χ1) is 13.2. The summed E-state index contributed by atoms with van der Waals surface area (Å²) in [4.78, 5) is 26.6. The van der Waals surface area contributed by atoms with E-state index in [9.17, 15) is 18.0 Å². The fourth-order valence-electron chi connectivity index (χ4n) is 2.84. The molecule has 0 amide bonds. The van der Waals surface area contributed by atoms with Crippen LogP contribution in [-0.4, -0.2) is 29.7 Å². The van der Waals surface area contributed by atoms with Crippen LogP contribution in [0.3, 0.4) is 0 Å². The van der Waals surface area contributed by atoms with Gasteiger partial charge >= 0.3 is 6.18 Å². The molecule has 0 radical (unpaired) electrons. The maximum atomic E-state index is 13.2. The van der Waals surface area contributed by atoms with Crippen molar-refractivity contribution in [2.45, 2.75) is 13.1 Å². The molecule has 0 aromatic carbocycles. The Balaban J connectivity index is 2.04. The Kier molecular flexibility index (Phi) is 3.98. The lowest BCUT2D eigenvalue weighted by Crippen LogP contribution is -2.10. The zero-order valence-electron chi connectivity index (χ0n) is 14.7. The van der Waals surface area contributed by atoms with Crippen molar-refractivity contribution in [2.75, 3.05) is 0 Å². The maximum Gasteiger partial charge on any atom is 0.433 e. The number of aromatic nitrogens is 6. The highest BCUT2D eigenvalue weighted by Crippen LogP contribution is 2.34. The third-order valence-corrected chi connectivity index (χ3v) is 4.03. The molecule has 4 aromatic heterocycles. The molecule has 28 heavy (non-hydrogen) atoms. The molecule has 0 unspecified atom stereocenters. The van der Waals surface area contributed by atoms with E-state index in [1.54, 1.807) is 19.3 Å². The number of fused-ring (bicyclic) bond motifs is 1. The molecule has 0 aliphatic heterocycles. The minimum Gasteiger partial charge on any atom is -0.305 e. The van der Waals surface area contributed by atoms with Gasteiger partial charge in [0.05, 0.1) is 5.69 Å². The van der Waals surface area contributed by atoms with E-state index in [1.807, 2.05) is 0 Å². The number of H-pyrrole nitrogens is 1. The lowest BCUT2D eigenvalue weighted by atomic mass is 10.1. The molecule has 4 heterocycles. The molecule has 7 nitrogen and oxygen atoms in total. The van der Waals surface area contributed by atoms with Gasteiger partial charge in [-0.05, 0) is 31.2 Å². The highest BCUT2D eigenvalue weighted by molar-refractivity contribution is 5.83. The van der Waals surface area contributed by atoms with Crippen LogP contribution < -0.4 is 5.56 Å². The third-order valence-electron chi connectivity index (χ3n) is 4.03. The van der Waals surface area contributed by atoms with E-state index in [4.69, 9.17) is 0 Å². The van der Waals surface area contributed by atoms with Gasteiger partial charge in [-0.15, -0.1) is 0 Å². The fraction of sp³-hybridized carbons (Fsp3) is 0.167. The van der Waals surface area contributed by atoms with Crippen LogP contribution in [0, 0.1) is 6.92 Å². The first-order valence-electron chi connectivity index (χ1n) is 8.18. The SMILES string of the molecule is Cc1cc(-c2nc3ccc(=O)[nH]c3nc2-c2ccn(C)n2)cc(C(F)(F)F)n1. The second kappa shape index (κ2) is 6.25. The summed E-state index contributed by atoms with van der Waals surface area (Å²) in [6.07, 6.45) is -2.92. The molecular weight excluding hydrogens is 373 g/mol. The Bertz CT molecular complexity index is 1260. The fourth-order valence-corrected chi connectivity index (χ4v) is 2.84. The van der Waals surface area contributed by atoms with Crippen molar-refractivity contribution in [3.05, 3.63) is 58.3 Å². The van der Waals surface area contributed by atoms with Gasteiger partial charge in [-0.3, -0.25) is 9.48 Å². The van der Waals surface area contributed by atoms with Crippen molar-refractivity contribution >= 4 is 11.2 Å². The van der Waals surface area contributed by atoms with Gasteiger partial charge < -0.3 is 4.98 Å². The van der Waals surface area contributed by atoms with Crippen molar-refractivity contribution in [1.82, 2.24) is 29.7 Å². The van der Waals surface area contributed by atoms with E-state index in [2.05, 4.69) is 25.0 Å². The molecule has 0 bridgehead atoms. The van der Waals surface area contributed by atoms with Crippen LogP contribution in [0.5, 0.6) is 0 Å². The van der Waals surface area contributed by atoms with Gasteiger partial charge in [0.2, 0.25) is 5.56 Å². The van der Waals surface area contributed by atoms with Gasteiger partial charge in [0, 0.05) is 30.6 Å². The van der Waals surface area contributed by atoms with Crippen LogP contribution in [0.15, 0.2) is 41.3 Å². The number of aromatic amines is 1. The average Bonchev–Trinajstić information content (AvgIpc) is 3.05. The Labute approximate surface area is 155 Å². The smallest absolute Gasteiger partial charge is 0.305 e. The van der Waals surface area contributed by atoms with Crippen LogP contribution in [0.2, 0.25) is 0 Å². The predicted molar refractivity (Wildman–Crippen MR) is 95.3 cm³/mol. The van der Waals surface area contributed by atoms with Gasteiger partial charge in [0.15, 0.2) is 5.65 Å². The van der Waals surface area contributed by atoms with Crippen LogP contribution in [0.1, 0.15) is 11.4 Å². The number of hydrogen-bond donors (Lipinski definition) is 1. The summed E-state index contributed by atoms with van der Waals surface area (Å²) in [5, 5.41) is 4.27. The molecule has 0 saturated heterocycles. The standard InChI is InChI=1S/C18H13F3N6O/c1-9-7-10(8-13(22-9)18(19,20)21)15-16(11-5-6-27(2)26-11)25-17-12(23-15)3-4-14(28)24-17/h3-8H,1-2H3,(H,24,25,28). The normalized spacial score (nSPS) is 11.9.